The predicted molar refractivity (Wildman–Crippen MR) is 137 cm³/mol. The van der Waals surface area contributed by atoms with Crippen molar-refractivity contribution >= 4 is 5.97 Å². The summed E-state index contributed by atoms with van der Waals surface area (Å²) in [7, 11) is 0. The molecule has 5 aliphatic carbocycles. The zero-order valence-corrected chi connectivity index (χ0v) is 23.1. The van der Waals surface area contributed by atoms with Gasteiger partial charge in [0.05, 0.1) is 17.6 Å². The van der Waals surface area contributed by atoms with Crippen LogP contribution >= 0.6 is 0 Å². The fraction of sp³-hybridized carbons (Fsp3) is 0.900. The van der Waals surface area contributed by atoms with Crippen LogP contribution in [0.15, 0.2) is 12.2 Å². The lowest BCUT2D eigenvalue weighted by atomic mass is 9.41. The molecule has 5 fully saturated rings. The number of allylic oxidation sites excluding steroid dienone is 1. The maximum atomic E-state index is 12.5. The van der Waals surface area contributed by atoms with E-state index in [1.807, 2.05) is 19.9 Å². The third kappa shape index (κ3) is 3.08. The first-order chi connectivity index (χ1) is 16.7. The second-order valence-corrected chi connectivity index (χ2v) is 14.7. The van der Waals surface area contributed by atoms with Crippen LogP contribution in [0.2, 0.25) is 0 Å². The lowest BCUT2D eigenvalue weighted by Crippen LogP contribution is -2.63. The van der Waals surface area contributed by atoms with Crippen molar-refractivity contribution in [3.63, 3.8) is 0 Å². The highest BCUT2D eigenvalue weighted by molar-refractivity contribution is 5.76. The molecule has 4 N–H and O–H groups in total. The Bertz CT molecular complexity index is 946. The topological polar surface area (TPSA) is 107 Å². The third-order valence-electron chi connectivity index (χ3n) is 13.3. The SMILES string of the molecule is C[C@H](C/C=C/C(C)(C)OO)[C@H]1CC[C@@]2(C)[C@@H]3CC[C@H]4[C@](C)(C(=O)O)[C@@H](O)C[C@H](O)[C@@]45C[C@@]35CC[C@]12C. The zero-order chi connectivity index (χ0) is 26.5. The van der Waals surface area contributed by atoms with Gasteiger partial charge in [-0.05, 0) is 112 Å². The van der Waals surface area contributed by atoms with Gasteiger partial charge in [0.25, 0.3) is 0 Å². The Kier molecular flexibility index (Phi) is 5.95. The monoisotopic (exact) mass is 504 g/mol. The van der Waals surface area contributed by atoms with E-state index in [2.05, 4.69) is 31.7 Å². The summed E-state index contributed by atoms with van der Waals surface area (Å²) in [5, 5.41) is 41.6. The maximum Gasteiger partial charge on any atom is 0.312 e. The number of carboxylic acids is 1. The zero-order valence-electron chi connectivity index (χ0n) is 23.1. The van der Waals surface area contributed by atoms with Gasteiger partial charge in [0, 0.05) is 11.8 Å². The summed E-state index contributed by atoms with van der Waals surface area (Å²) in [6.45, 7) is 12.8. The minimum absolute atomic E-state index is 0.0148. The quantitative estimate of drug-likeness (QED) is 0.211. The second kappa shape index (κ2) is 8.03. The summed E-state index contributed by atoms with van der Waals surface area (Å²) in [4.78, 5) is 17.0. The Hall–Kier alpha value is -0.950. The molecule has 0 radical (unpaired) electrons. The molecule has 204 valence electrons. The Labute approximate surface area is 216 Å². The highest BCUT2D eigenvalue weighted by atomic mass is 17.1. The van der Waals surface area contributed by atoms with Crippen LogP contribution in [0.1, 0.15) is 99.3 Å². The number of carboxylic acid groups (broad SMARTS) is 1. The molecule has 6 nitrogen and oxygen atoms in total. The Morgan fingerprint density at radius 3 is 2.33 bits per heavy atom. The van der Waals surface area contributed by atoms with Gasteiger partial charge < -0.3 is 15.3 Å². The van der Waals surface area contributed by atoms with E-state index in [0.29, 0.717) is 17.8 Å². The van der Waals surface area contributed by atoms with Gasteiger partial charge in [-0.25, -0.2) is 4.89 Å². The molecule has 6 heteroatoms. The van der Waals surface area contributed by atoms with Crippen molar-refractivity contribution in [1.29, 1.82) is 0 Å². The van der Waals surface area contributed by atoms with Gasteiger partial charge in [-0.15, -0.1) is 0 Å². The van der Waals surface area contributed by atoms with Crippen molar-refractivity contribution in [2.24, 2.45) is 50.7 Å². The van der Waals surface area contributed by atoms with Crippen molar-refractivity contribution < 1.29 is 30.3 Å². The Morgan fingerprint density at radius 2 is 1.69 bits per heavy atom. The van der Waals surface area contributed by atoms with Gasteiger partial charge in [0.1, 0.15) is 5.60 Å². The lowest BCUT2D eigenvalue weighted by Gasteiger charge is -2.63. The van der Waals surface area contributed by atoms with Gasteiger partial charge in [0.2, 0.25) is 0 Å². The van der Waals surface area contributed by atoms with Gasteiger partial charge in [-0.2, -0.15) is 0 Å². The molecule has 5 aliphatic rings. The molecule has 5 saturated carbocycles. The molecule has 0 bridgehead atoms. The number of fused-ring (bicyclic) bond motifs is 2. The van der Waals surface area contributed by atoms with E-state index in [0.717, 1.165) is 38.5 Å². The average molecular weight is 505 g/mol. The van der Waals surface area contributed by atoms with Gasteiger partial charge in [-0.1, -0.05) is 32.9 Å². The molecule has 0 aromatic rings. The molecule has 2 spiro atoms. The summed E-state index contributed by atoms with van der Waals surface area (Å²) in [5.74, 6) is 0.557. The largest absolute Gasteiger partial charge is 0.481 e. The number of aliphatic hydroxyl groups is 2. The summed E-state index contributed by atoms with van der Waals surface area (Å²) >= 11 is 0. The Balaban J connectivity index is 1.42. The molecule has 0 unspecified atom stereocenters. The molecule has 5 rings (SSSR count). The van der Waals surface area contributed by atoms with Crippen LogP contribution in [0.3, 0.4) is 0 Å². The average Bonchev–Trinajstić information content (AvgIpc) is 3.42. The van der Waals surface area contributed by atoms with Crippen molar-refractivity contribution in [3.8, 4) is 0 Å². The summed E-state index contributed by atoms with van der Waals surface area (Å²) in [5.41, 5.74) is -1.81. The smallest absolute Gasteiger partial charge is 0.312 e. The molecular formula is C30H48O6. The van der Waals surface area contributed by atoms with Crippen molar-refractivity contribution in [1.82, 2.24) is 0 Å². The van der Waals surface area contributed by atoms with E-state index in [9.17, 15) is 20.1 Å². The molecule has 11 atom stereocenters. The first kappa shape index (κ1) is 26.6. The van der Waals surface area contributed by atoms with E-state index in [4.69, 9.17) is 5.26 Å². The molecule has 36 heavy (non-hydrogen) atoms. The lowest BCUT2D eigenvalue weighted by molar-refractivity contribution is -0.297. The second-order valence-electron chi connectivity index (χ2n) is 14.7. The molecular weight excluding hydrogens is 456 g/mol. The van der Waals surface area contributed by atoms with E-state index in [1.165, 1.54) is 12.8 Å². The molecule has 0 aromatic heterocycles. The summed E-state index contributed by atoms with van der Waals surface area (Å²) in [6.07, 6.45) is 10.9. The minimum atomic E-state index is -1.18. The number of aliphatic carboxylic acids is 1. The van der Waals surface area contributed by atoms with E-state index in [-0.39, 0.29) is 34.0 Å². The number of carbonyl (C=O) groups is 1. The predicted octanol–water partition coefficient (Wildman–Crippen LogP) is 5.67. The minimum Gasteiger partial charge on any atom is -0.481 e. The van der Waals surface area contributed by atoms with E-state index < -0.39 is 29.2 Å². The molecule has 0 saturated heterocycles. The third-order valence-corrected chi connectivity index (χ3v) is 13.3. The van der Waals surface area contributed by atoms with Crippen LogP contribution in [0.5, 0.6) is 0 Å². The van der Waals surface area contributed by atoms with E-state index >= 15 is 0 Å². The van der Waals surface area contributed by atoms with Gasteiger partial charge in [0.15, 0.2) is 0 Å². The molecule has 0 aliphatic heterocycles. The fourth-order valence-corrected chi connectivity index (χ4v) is 11.1. The first-order valence-corrected chi connectivity index (χ1v) is 14.3. The first-order valence-electron chi connectivity index (χ1n) is 14.3. The number of aliphatic hydroxyl groups excluding tert-OH is 2. The highest BCUT2D eigenvalue weighted by Crippen LogP contribution is 2.89. The van der Waals surface area contributed by atoms with Crippen molar-refractivity contribution in [2.45, 2.75) is 117 Å². The summed E-state index contributed by atoms with van der Waals surface area (Å²) < 4.78 is 0. The molecule has 0 aromatic carbocycles. The molecule has 0 heterocycles. The highest BCUT2D eigenvalue weighted by Gasteiger charge is 2.85. The fourth-order valence-electron chi connectivity index (χ4n) is 11.1. The molecule has 0 amide bonds. The number of hydrogen-bond donors (Lipinski definition) is 4. The van der Waals surface area contributed by atoms with Gasteiger partial charge >= 0.3 is 5.97 Å². The van der Waals surface area contributed by atoms with Crippen LogP contribution < -0.4 is 0 Å². The van der Waals surface area contributed by atoms with Crippen LogP contribution in [-0.4, -0.2) is 44.4 Å². The standard InChI is InChI=1S/C30H48O6/c1-18(8-7-12-25(2,3)36-35)19-11-13-27(5)20-9-10-21-28(6,24(33)34)22(31)16-23(32)30(21)17-29(20,30)15-14-26(19,27)4/h7,12,18-23,31-32,35H,8-11,13-17H2,1-6H3,(H,33,34)/b12-7+/t18-,19-,20+,21+,22+,23+,26-,27+,28+,29+,30-/m1/s1. The number of hydrogen-bond acceptors (Lipinski definition) is 5. The van der Waals surface area contributed by atoms with Crippen molar-refractivity contribution in [3.05, 3.63) is 12.2 Å². The van der Waals surface area contributed by atoms with E-state index in [1.54, 1.807) is 6.92 Å². The maximum absolute atomic E-state index is 12.5. The number of rotatable bonds is 6. The normalized spacial score (nSPS) is 52.8. The van der Waals surface area contributed by atoms with Crippen LogP contribution in [0, 0.1) is 50.7 Å². The Morgan fingerprint density at radius 1 is 1.03 bits per heavy atom. The summed E-state index contributed by atoms with van der Waals surface area (Å²) in [6, 6.07) is 0. The van der Waals surface area contributed by atoms with Gasteiger partial charge in [-0.3, -0.25) is 10.1 Å². The van der Waals surface area contributed by atoms with Crippen LogP contribution in [0.25, 0.3) is 0 Å². The van der Waals surface area contributed by atoms with Crippen molar-refractivity contribution in [2.75, 3.05) is 0 Å². The van der Waals surface area contributed by atoms with Crippen LogP contribution in [-0.2, 0) is 9.68 Å². The van der Waals surface area contributed by atoms with Crippen LogP contribution in [0.4, 0.5) is 0 Å².